The molecule has 2 fully saturated rings. The monoisotopic (exact) mass is 346 g/mol. The first-order valence-electron chi connectivity index (χ1n) is 8.32. The minimum atomic E-state index is -0.890. The SMILES string of the molecule is Cc1cc(N)cc(-c2cnc(C3(O)CCC4(CC3)OCCO4)s2)c1. The van der Waals surface area contributed by atoms with E-state index < -0.39 is 11.4 Å². The Balaban J connectivity index is 1.56. The molecule has 1 saturated heterocycles. The summed E-state index contributed by atoms with van der Waals surface area (Å²) < 4.78 is 11.5. The molecule has 1 aromatic heterocycles. The van der Waals surface area contributed by atoms with Crippen LogP contribution in [0.3, 0.4) is 0 Å². The van der Waals surface area contributed by atoms with E-state index in [0.717, 1.165) is 26.7 Å². The van der Waals surface area contributed by atoms with Crippen LogP contribution in [0.15, 0.2) is 24.4 Å². The number of thiazole rings is 1. The minimum Gasteiger partial charge on any atom is -0.399 e. The first-order valence-corrected chi connectivity index (χ1v) is 9.14. The van der Waals surface area contributed by atoms with E-state index >= 15 is 0 Å². The molecule has 0 amide bonds. The minimum absolute atomic E-state index is 0.475. The van der Waals surface area contributed by atoms with Gasteiger partial charge >= 0.3 is 0 Å². The number of anilines is 1. The fraction of sp³-hybridized carbons (Fsp3) is 0.500. The van der Waals surface area contributed by atoms with Crippen molar-refractivity contribution < 1.29 is 14.6 Å². The predicted octanol–water partition coefficient (Wildman–Crippen LogP) is 3.21. The zero-order chi connectivity index (χ0) is 16.8. The summed E-state index contributed by atoms with van der Waals surface area (Å²) in [4.78, 5) is 5.54. The van der Waals surface area contributed by atoms with Crippen LogP contribution in [0.2, 0.25) is 0 Å². The average molecular weight is 346 g/mol. The van der Waals surface area contributed by atoms with Crippen molar-refractivity contribution in [3.05, 3.63) is 35.0 Å². The molecule has 0 atom stereocenters. The maximum Gasteiger partial charge on any atom is 0.168 e. The number of hydrogen-bond donors (Lipinski definition) is 2. The standard InChI is InChI=1S/C18H22N2O3S/c1-12-8-13(10-14(19)9-12)15-11-20-16(24-15)17(21)2-4-18(5-3-17)22-6-7-23-18/h8-11,21H,2-7,19H2,1H3. The van der Waals surface area contributed by atoms with Gasteiger partial charge in [-0.15, -0.1) is 11.3 Å². The molecule has 6 heteroatoms. The van der Waals surface area contributed by atoms with Crippen LogP contribution in [0.25, 0.3) is 10.4 Å². The molecule has 5 nitrogen and oxygen atoms in total. The lowest BCUT2D eigenvalue weighted by Crippen LogP contribution is -2.42. The summed E-state index contributed by atoms with van der Waals surface area (Å²) in [5.41, 5.74) is 7.97. The number of benzene rings is 1. The molecule has 1 saturated carbocycles. The number of aromatic nitrogens is 1. The van der Waals surface area contributed by atoms with Crippen LogP contribution in [0.4, 0.5) is 5.69 Å². The van der Waals surface area contributed by atoms with E-state index in [0.29, 0.717) is 38.9 Å². The third-order valence-electron chi connectivity index (χ3n) is 4.94. The molecule has 2 aromatic rings. The Morgan fingerprint density at radius 2 is 1.83 bits per heavy atom. The maximum atomic E-state index is 11.1. The van der Waals surface area contributed by atoms with Crippen molar-refractivity contribution in [3.63, 3.8) is 0 Å². The predicted molar refractivity (Wildman–Crippen MR) is 93.7 cm³/mol. The summed E-state index contributed by atoms with van der Waals surface area (Å²) in [6, 6.07) is 5.99. The Kier molecular flexibility index (Phi) is 3.88. The zero-order valence-electron chi connectivity index (χ0n) is 13.7. The van der Waals surface area contributed by atoms with Gasteiger partial charge in [-0.25, -0.2) is 4.98 Å². The van der Waals surface area contributed by atoms with E-state index in [4.69, 9.17) is 15.2 Å². The van der Waals surface area contributed by atoms with Crippen molar-refractivity contribution in [1.29, 1.82) is 0 Å². The molecule has 1 spiro atoms. The van der Waals surface area contributed by atoms with Crippen molar-refractivity contribution >= 4 is 17.0 Å². The van der Waals surface area contributed by atoms with Gasteiger partial charge in [-0.05, 0) is 43.0 Å². The number of aliphatic hydroxyl groups is 1. The summed E-state index contributed by atoms with van der Waals surface area (Å²) in [7, 11) is 0. The lowest BCUT2D eigenvalue weighted by Gasteiger charge is -2.39. The lowest BCUT2D eigenvalue weighted by atomic mass is 9.82. The molecule has 1 aromatic carbocycles. The number of nitrogens with zero attached hydrogens (tertiary/aromatic N) is 1. The quantitative estimate of drug-likeness (QED) is 0.817. The number of nitrogens with two attached hydrogens (primary N) is 1. The van der Waals surface area contributed by atoms with Gasteiger partial charge in [-0.1, -0.05) is 6.07 Å². The summed E-state index contributed by atoms with van der Waals surface area (Å²) >= 11 is 1.54. The van der Waals surface area contributed by atoms with Gasteiger partial charge in [0.15, 0.2) is 5.79 Å². The second kappa shape index (κ2) is 5.81. The number of rotatable bonds is 2. The Morgan fingerprint density at radius 3 is 2.50 bits per heavy atom. The second-order valence-corrected chi connectivity index (χ2v) is 7.83. The largest absolute Gasteiger partial charge is 0.399 e. The molecular formula is C18H22N2O3S. The summed E-state index contributed by atoms with van der Waals surface area (Å²) in [5, 5.41) is 11.8. The van der Waals surface area contributed by atoms with Gasteiger partial charge in [0.05, 0.1) is 18.1 Å². The summed E-state index contributed by atoms with van der Waals surface area (Å²) in [6.07, 6.45) is 4.45. The van der Waals surface area contributed by atoms with Gasteiger partial charge in [-0.2, -0.15) is 0 Å². The highest BCUT2D eigenvalue weighted by atomic mass is 32.1. The molecule has 1 aliphatic heterocycles. The Bertz CT molecular complexity index is 722. The first-order chi connectivity index (χ1) is 11.5. The highest BCUT2D eigenvalue weighted by Gasteiger charge is 2.47. The van der Waals surface area contributed by atoms with E-state index in [1.165, 1.54) is 0 Å². The fourth-order valence-corrected chi connectivity index (χ4v) is 4.67. The zero-order valence-corrected chi connectivity index (χ0v) is 14.6. The fourth-order valence-electron chi connectivity index (χ4n) is 3.62. The molecule has 1 aliphatic carbocycles. The van der Waals surface area contributed by atoms with Crippen molar-refractivity contribution in [2.24, 2.45) is 0 Å². The highest BCUT2D eigenvalue weighted by molar-refractivity contribution is 7.15. The van der Waals surface area contributed by atoms with Gasteiger partial charge in [0.2, 0.25) is 0 Å². The molecule has 24 heavy (non-hydrogen) atoms. The lowest BCUT2D eigenvalue weighted by molar-refractivity contribution is -0.204. The van der Waals surface area contributed by atoms with Crippen molar-refractivity contribution in [2.45, 2.75) is 44.0 Å². The number of ether oxygens (including phenoxy) is 2. The van der Waals surface area contributed by atoms with Gasteiger partial charge in [0, 0.05) is 24.7 Å². The van der Waals surface area contributed by atoms with Crippen molar-refractivity contribution in [2.75, 3.05) is 18.9 Å². The van der Waals surface area contributed by atoms with Gasteiger partial charge < -0.3 is 20.3 Å². The van der Waals surface area contributed by atoms with Crippen LogP contribution in [-0.2, 0) is 15.1 Å². The molecule has 2 heterocycles. The third-order valence-corrected chi connectivity index (χ3v) is 6.18. The van der Waals surface area contributed by atoms with E-state index in [1.807, 2.05) is 25.3 Å². The van der Waals surface area contributed by atoms with Gasteiger partial charge in [0.25, 0.3) is 0 Å². The van der Waals surface area contributed by atoms with E-state index in [2.05, 4.69) is 11.1 Å². The van der Waals surface area contributed by atoms with Crippen LogP contribution in [0.1, 0.15) is 36.3 Å². The normalized spacial score (nSPS) is 22.1. The van der Waals surface area contributed by atoms with E-state index in [-0.39, 0.29) is 0 Å². The Labute approximate surface area is 145 Å². The van der Waals surface area contributed by atoms with E-state index in [9.17, 15) is 5.11 Å². The summed E-state index contributed by atoms with van der Waals surface area (Å²) in [6.45, 7) is 3.32. The first kappa shape index (κ1) is 16.0. The van der Waals surface area contributed by atoms with Crippen LogP contribution in [-0.4, -0.2) is 29.1 Å². The van der Waals surface area contributed by atoms with Crippen LogP contribution in [0, 0.1) is 6.92 Å². The number of hydrogen-bond acceptors (Lipinski definition) is 6. The molecule has 0 radical (unpaired) electrons. The maximum absolute atomic E-state index is 11.1. The molecular weight excluding hydrogens is 324 g/mol. The smallest absolute Gasteiger partial charge is 0.168 e. The number of aryl methyl sites for hydroxylation is 1. The van der Waals surface area contributed by atoms with Crippen LogP contribution >= 0.6 is 11.3 Å². The van der Waals surface area contributed by atoms with Gasteiger partial charge in [0.1, 0.15) is 10.6 Å². The van der Waals surface area contributed by atoms with Crippen LogP contribution in [0.5, 0.6) is 0 Å². The summed E-state index contributed by atoms with van der Waals surface area (Å²) in [5.74, 6) is -0.475. The average Bonchev–Trinajstić information content (AvgIpc) is 3.20. The molecule has 128 valence electrons. The Morgan fingerprint density at radius 1 is 1.12 bits per heavy atom. The van der Waals surface area contributed by atoms with Crippen molar-refractivity contribution in [1.82, 2.24) is 4.98 Å². The Hall–Kier alpha value is -1.47. The molecule has 0 unspecified atom stereocenters. The van der Waals surface area contributed by atoms with Crippen LogP contribution < -0.4 is 5.73 Å². The van der Waals surface area contributed by atoms with Crippen molar-refractivity contribution in [3.8, 4) is 10.4 Å². The third kappa shape index (κ3) is 2.84. The second-order valence-electron chi connectivity index (χ2n) is 6.80. The molecule has 2 aliphatic rings. The highest BCUT2D eigenvalue weighted by Crippen LogP contribution is 2.46. The molecule has 4 rings (SSSR count). The topological polar surface area (TPSA) is 77.6 Å². The van der Waals surface area contributed by atoms with Gasteiger partial charge in [-0.3, -0.25) is 0 Å². The van der Waals surface area contributed by atoms with E-state index in [1.54, 1.807) is 11.3 Å². The molecule has 0 bridgehead atoms. The molecule has 3 N–H and O–H groups in total. The number of nitrogen functional groups attached to an aromatic ring is 1.